The number of aromatic nitrogens is 3. The summed E-state index contributed by atoms with van der Waals surface area (Å²) in [7, 11) is 1.87. The topological polar surface area (TPSA) is 82.7 Å². The van der Waals surface area contributed by atoms with Crippen molar-refractivity contribution in [2.24, 2.45) is 0 Å². The summed E-state index contributed by atoms with van der Waals surface area (Å²) in [6.07, 6.45) is 7.41. The monoisotopic (exact) mass is 357 g/mol. The Labute approximate surface area is 156 Å². The van der Waals surface area contributed by atoms with Crippen LogP contribution in [-0.4, -0.2) is 27.9 Å². The molecule has 6 nitrogen and oxygen atoms in total. The normalized spacial score (nSPS) is 10.7. The number of benzene rings is 1. The minimum absolute atomic E-state index is 0.0921. The first-order chi connectivity index (χ1) is 13.1. The Bertz CT molecular complexity index is 1130. The molecule has 0 spiro atoms. The van der Waals surface area contributed by atoms with Crippen molar-refractivity contribution in [2.45, 2.75) is 6.92 Å². The number of H-pyrrole nitrogens is 1. The predicted molar refractivity (Wildman–Crippen MR) is 109 cm³/mol. The Hall–Kier alpha value is -3.67. The van der Waals surface area contributed by atoms with Gasteiger partial charge in [-0.1, -0.05) is 12.1 Å². The summed E-state index contributed by atoms with van der Waals surface area (Å²) < 4.78 is 0. The number of hydrogen-bond donors (Lipinski definition) is 3. The number of amides is 1. The van der Waals surface area contributed by atoms with Crippen LogP contribution < -0.4 is 10.6 Å². The fourth-order valence-corrected chi connectivity index (χ4v) is 3.10. The number of nitrogens with zero attached hydrogens (tertiary/aromatic N) is 2. The Morgan fingerprint density at radius 2 is 1.85 bits per heavy atom. The molecule has 0 aliphatic heterocycles. The minimum atomic E-state index is -0.0921. The van der Waals surface area contributed by atoms with E-state index in [1.807, 2.05) is 49.9 Å². The molecular weight excluding hydrogens is 338 g/mol. The third kappa shape index (κ3) is 3.37. The summed E-state index contributed by atoms with van der Waals surface area (Å²) in [5.74, 6) is -0.0921. The average molecular weight is 357 g/mol. The molecule has 0 fully saturated rings. The number of hydrogen-bond acceptors (Lipinski definition) is 4. The molecule has 0 bridgehead atoms. The van der Waals surface area contributed by atoms with Crippen molar-refractivity contribution in [3.8, 4) is 22.3 Å². The maximum absolute atomic E-state index is 11.3. The van der Waals surface area contributed by atoms with Crippen LogP contribution in [-0.2, 0) is 4.79 Å². The van der Waals surface area contributed by atoms with Crippen LogP contribution in [0.15, 0.2) is 61.2 Å². The van der Waals surface area contributed by atoms with E-state index < -0.39 is 0 Å². The fourth-order valence-electron chi connectivity index (χ4n) is 3.10. The van der Waals surface area contributed by atoms with Crippen LogP contribution in [0.25, 0.3) is 33.3 Å². The van der Waals surface area contributed by atoms with Crippen LogP contribution in [0.5, 0.6) is 0 Å². The van der Waals surface area contributed by atoms with Crippen LogP contribution >= 0.6 is 0 Å². The number of nitrogens with one attached hydrogen (secondary N) is 3. The lowest BCUT2D eigenvalue weighted by atomic mass is 10.0. The second-order valence-electron chi connectivity index (χ2n) is 6.30. The van der Waals surface area contributed by atoms with Gasteiger partial charge in [0.2, 0.25) is 5.91 Å². The van der Waals surface area contributed by atoms with Crippen LogP contribution in [0, 0.1) is 0 Å². The highest BCUT2D eigenvalue weighted by molar-refractivity contribution is 5.96. The molecule has 0 atom stereocenters. The van der Waals surface area contributed by atoms with Gasteiger partial charge in [-0.25, -0.2) is 4.98 Å². The Morgan fingerprint density at radius 1 is 1.00 bits per heavy atom. The summed E-state index contributed by atoms with van der Waals surface area (Å²) in [4.78, 5) is 23.4. The number of rotatable bonds is 4. The predicted octanol–water partition coefficient (Wildman–Crippen LogP) is 4.29. The van der Waals surface area contributed by atoms with Gasteiger partial charge >= 0.3 is 0 Å². The van der Waals surface area contributed by atoms with Gasteiger partial charge in [0.05, 0.1) is 5.69 Å². The molecule has 0 radical (unpaired) electrons. The molecule has 0 saturated carbocycles. The number of anilines is 2. The standard InChI is InChI=1S/C21H19N5O/c1-13(27)26-17-5-3-4-14(6-17)15-8-19-20(12-25-21(19)24-10-15)16-7-18(22-2)11-23-9-16/h3-12,22H,1-2H3,(H,24,25)(H,26,27). The molecule has 0 saturated heterocycles. The fraction of sp³-hybridized carbons (Fsp3) is 0.0952. The molecule has 3 heterocycles. The average Bonchev–Trinajstić information content (AvgIpc) is 3.11. The van der Waals surface area contributed by atoms with Crippen molar-refractivity contribution in [1.29, 1.82) is 0 Å². The molecule has 134 valence electrons. The number of pyridine rings is 2. The highest BCUT2D eigenvalue weighted by Gasteiger charge is 2.10. The van der Waals surface area contributed by atoms with Crippen molar-refractivity contribution in [3.05, 3.63) is 61.2 Å². The van der Waals surface area contributed by atoms with E-state index in [2.05, 4.69) is 37.7 Å². The third-order valence-electron chi connectivity index (χ3n) is 4.39. The van der Waals surface area contributed by atoms with Gasteiger partial charge in [0.1, 0.15) is 5.65 Å². The van der Waals surface area contributed by atoms with Gasteiger partial charge in [-0.15, -0.1) is 0 Å². The van der Waals surface area contributed by atoms with Gasteiger partial charge in [-0.2, -0.15) is 0 Å². The van der Waals surface area contributed by atoms with Gasteiger partial charge in [0, 0.05) is 66.5 Å². The van der Waals surface area contributed by atoms with Gasteiger partial charge in [0.25, 0.3) is 0 Å². The molecular formula is C21H19N5O. The summed E-state index contributed by atoms with van der Waals surface area (Å²) >= 11 is 0. The minimum Gasteiger partial charge on any atom is -0.387 e. The van der Waals surface area contributed by atoms with E-state index >= 15 is 0 Å². The molecule has 27 heavy (non-hydrogen) atoms. The lowest BCUT2D eigenvalue weighted by Crippen LogP contribution is -2.05. The molecule has 0 aliphatic carbocycles. The van der Waals surface area contributed by atoms with Crippen molar-refractivity contribution in [1.82, 2.24) is 15.0 Å². The molecule has 4 aromatic rings. The summed E-state index contributed by atoms with van der Waals surface area (Å²) in [6.45, 7) is 1.50. The zero-order valence-electron chi connectivity index (χ0n) is 15.1. The maximum atomic E-state index is 11.3. The molecule has 6 heteroatoms. The summed E-state index contributed by atoms with van der Waals surface area (Å²) in [6, 6.07) is 11.9. The molecule has 0 aliphatic rings. The quantitative estimate of drug-likeness (QED) is 0.509. The van der Waals surface area contributed by atoms with Crippen molar-refractivity contribution < 1.29 is 4.79 Å². The Morgan fingerprint density at radius 3 is 2.67 bits per heavy atom. The van der Waals surface area contributed by atoms with E-state index in [1.54, 1.807) is 6.20 Å². The zero-order valence-corrected chi connectivity index (χ0v) is 15.1. The maximum Gasteiger partial charge on any atom is 0.221 e. The van der Waals surface area contributed by atoms with Crippen LogP contribution in [0.3, 0.4) is 0 Å². The Kier molecular flexibility index (Phi) is 4.30. The first-order valence-corrected chi connectivity index (χ1v) is 8.62. The highest BCUT2D eigenvalue weighted by Crippen LogP contribution is 2.32. The van der Waals surface area contributed by atoms with Crippen LogP contribution in [0.2, 0.25) is 0 Å². The van der Waals surface area contributed by atoms with Crippen molar-refractivity contribution in [2.75, 3.05) is 17.7 Å². The largest absolute Gasteiger partial charge is 0.387 e. The van der Waals surface area contributed by atoms with Crippen molar-refractivity contribution >= 4 is 28.3 Å². The van der Waals surface area contributed by atoms with Crippen molar-refractivity contribution in [3.63, 3.8) is 0 Å². The lowest BCUT2D eigenvalue weighted by Gasteiger charge is -2.07. The molecule has 3 aromatic heterocycles. The van der Waals surface area contributed by atoms with Gasteiger partial charge in [0.15, 0.2) is 0 Å². The molecule has 1 amide bonds. The van der Waals surface area contributed by atoms with Gasteiger partial charge < -0.3 is 15.6 Å². The smallest absolute Gasteiger partial charge is 0.221 e. The van der Waals surface area contributed by atoms with E-state index in [0.29, 0.717) is 0 Å². The Balaban J connectivity index is 1.79. The molecule has 0 unspecified atom stereocenters. The SMILES string of the molecule is CNc1cncc(-c2c[nH]c3ncc(-c4cccc(NC(C)=O)c4)cc23)c1. The summed E-state index contributed by atoms with van der Waals surface area (Å²) in [5, 5.41) is 6.95. The van der Waals surface area contributed by atoms with E-state index in [4.69, 9.17) is 0 Å². The number of fused-ring (bicyclic) bond motifs is 1. The first-order valence-electron chi connectivity index (χ1n) is 8.62. The van der Waals surface area contributed by atoms with E-state index in [9.17, 15) is 4.79 Å². The molecule has 1 aromatic carbocycles. The molecule has 3 N–H and O–H groups in total. The van der Waals surface area contributed by atoms with Gasteiger partial charge in [-0.3, -0.25) is 9.78 Å². The van der Waals surface area contributed by atoms with Gasteiger partial charge in [-0.05, 0) is 29.8 Å². The summed E-state index contributed by atoms with van der Waals surface area (Å²) in [5.41, 5.74) is 6.56. The zero-order chi connectivity index (χ0) is 18.8. The third-order valence-corrected chi connectivity index (χ3v) is 4.39. The van der Waals surface area contributed by atoms with E-state index in [1.165, 1.54) is 6.92 Å². The number of carbonyl (C=O) groups is 1. The number of aromatic amines is 1. The van der Waals surface area contributed by atoms with Crippen LogP contribution in [0.4, 0.5) is 11.4 Å². The second kappa shape index (κ2) is 6.92. The highest BCUT2D eigenvalue weighted by atomic mass is 16.1. The first kappa shape index (κ1) is 16.8. The molecule has 4 rings (SSSR count). The number of carbonyl (C=O) groups excluding carboxylic acids is 1. The lowest BCUT2D eigenvalue weighted by molar-refractivity contribution is -0.114. The second-order valence-corrected chi connectivity index (χ2v) is 6.30. The van der Waals surface area contributed by atoms with Crippen LogP contribution in [0.1, 0.15) is 6.92 Å². The van der Waals surface area contributed by atoms with E-state index in [-0.39, 0.29) is 5.91 Å². The van der Waals surface area contributed by atoms with E-state index in [0.717, 1.165) is 44.7 Å².